The fourth-order valence-electron chi connectivity index (χ4n) is 2.09. The predicted molar refractivity (Wildman–Crippen MR) is 151 cm³/mol. The smallest absolute Gasteiger partial charge is 0.115 e. The van der Waals surface area contributed by atoms with Crippen LogP contribution in [0.25, 0.3) is 0 Å². The summed E-state index contributed by atoms with van der Waals surface area (Å²) in [5, 5.41) is 3.19. The van der Waals surface area contributed by atoms with E-state index in [1.54, 1.807) is 24.2 Å². The van der Waals surface area contributed by atoms with Crippen LogP contribution < -0.4 is 5.32 Å². The Kier molecular flexibility index (Phi) is 13.1. The van der Waals surface area contributed by atoms with Crippen molar-refractivity contribution < 1.29 is 0 Å². The molecule has 30 heavy (non-hydrogen) atoms. The maximum absolute atomic E-state index is 4.07. The van der Waals surface area contributed by atoms with Crippen LogP contribution in [0.4, 0.5) is 0 Å². The molecule has 11 heteroatoms. The number of aromatic nitrogens is 2. The Bertz CT molecular complexity index is 874. The minimum atomic E-state index is 0.821. The van der Waals surface area contributed by atoms with E-state index in [1.165, 1.54) is 6.33 Å². The second kappa shape index (κ2) is 14.3. The molecule has 2 aromatic carbocycles. The number of thiol groups is 1. The van der Waals surface area contributed by atoms with Crippen LogP contribution in [0.2, 0.25) is 0 Å². The zero-order valence-corrected chi connectivity index (χ0v) is 26.4. The van der Waals surface area contributed by atoms with Gasteiger partial charge in [-0.15, -0.1) is 0 Å². The zero-order valence-electron chi connectivity index (χ0n) is 15.2. The molecule has 0 fully saturated rings. The Balaban J connectivity index is 0.000000248. The molecule has 0 saturated heterocycles. The van der Waals surface area contributed by atoms with Crippen LogP contribution in [0.15, 0.2) is 79.6 Å². The van der Waals surface area contributed by atoms with Crippen LogP contribution in [0.5, 0.6) is 0 Å². The minimum Gasteiger partial charge on any atom is -0.312 e. The van der Waals surface area contributed by atoms with Gasteiger partial charge in [-0.3, -0.25) is 0 Å². The molecule has 160 valence electrons. The van der Waals surface area contributed by atoms with E-state index in [-0.39, 0.29) is 0 Å². The van der Waals surface area contributed by atoms with Gasteiger partial charge >= 0.3 is 0 Å². The summed E-state index contributed by atoms with van der Waals surface area (Å²) in [5.41, 5.74) is 1.11. The third-order valence-corrected chi connectivity index (χ3v) is 9.34. The monoisotopic (exact) mass is 823 g/mol. The van der Waals surface area contributed by atoms with Crippen molar-refractivity contribution in [2.24, 2.45) is 0 Å². The van der Waals surface area contributed by atoms with Gasteiger partial charge in [0.1, 0.15) is 6.33 Å². The molecular weight excluding hydrogens is 814 g/mol. The first-order valence-electron chi connectivity index (χ1n) is 8.34. The number of nitrogens with one attached hydrogen (secondary N) is 1. The Morgan fingerprint density at radius 2 is 1.20 bits per heavy atom. The van der Waals surface area contributed by atoms with Crippen LogP contribution in [0.1, 0.15) is 5.56 Å². The summed E-state index contributed by atoms with van der Waals surface area (Å²) in [6.45, 7) is 1.74. The Morgan fingerprint density at radius 3 is 1.60 bits per heavy atom. The first-order chi connectivity index (χ1) is 14.3. The standard InChI is InChI=1S/C12H4Br6S.C7H11N3S/c13-5-1-7(15)11(8(16)2-5)19-12-9(17)3-6(14)4-10(12)18;11-2-1-8-3-7-4-9-6-10-5-7/h1-4H;4-6,8,11H,1-3H2. The molecule has 1 N–H and O–H groups in total. The fraction of sp³-hybridized carbons (Fsp3) is 0.158. The molecule has 0 atom stereocenters. The molecule has 0 aliphatic heterocycles. The van der Waals surface area contributed by atoms with Gasteiger partial charge in [-0.25, -0.2) is 9.97 Å². The summed E-state index contributed by atoms with van der Waals surface area (Å²) in [7, 11) is 0. The molecule has 1 aromatic heterocycles. The van der Waals surface area contributed by atoms with E-state index < -0.39 is 0 Å². The Hall–Kier alpha value is 1.06. The first-order valence-corrected chi connectivity index (χ1v) is 14.5. The number of nitrogens with zero attached hydrogens (tertiary/aromatic N) is 2. The molecule has 1 heterocycles. The molecule has 3 aromatic rings. The summed E-state index contributed by atoms with van der Waals surface area (Å²) in [6, 6.07) is 8.14. The number of benzene rings is 2. The third kappa shape index (κ3) is 9.13. The molecular formula is C19H15Br6N3S2. The van der Waals surface area contributed by atoms with E-state index in [0.29, 0.717) is 0 Å². The Morgan fingerprint density at radius 1 is 0.767 bits per heavy atom. The second-order valence-electron chi connectivity index (χ2n) is 5.65. The molecule has 0 radical (unpaired) electrons. The number of hydrogen-bond donors (Lipinski definition) is 2. The van der Waals surface area contributed by atoms with Crippen LogP contribution in [-0.4, -0.2) is 22.3 Å². The van der Waals surface area contributed by atoms with Gasteiger partial charge in [0, 0.05) is 73.4 Å². The average molecular weight is 829 g/mol. The molecule has 0 unspecified atom stereocenters. The van der Waals surface area contributed by atoms with Crippen molar-refractivity contribution in [2.75, 3.05) is 12.3 Å². The lowest BCUT2D eigenvalue weighted by Gasteiger charge is -2.11. The lowest BCUT2D eigenvalue weighted by molar-refractivity contribution is 0.727. The Labute approximate surface area is 236 Å². The molecule has 3 rings (SSSR count). The van der Waals surface area contributed by atoms with Crippen molar-refractivity contribution in [3.63, 3.8) is 0 Å². The summed E-state index contributed by atoms with van der Waals surface area (Å²) in [4.78, 5) is 10.0. The van der Waals surface area contributed by atoms with E-state index in [1.807, 2.05) is 24.3 Å². The van der Waals surface area contributed by atoms with Crippen molar-refractivity contribution >= 4 is 120 Å². The third-order valence-electron chi connectivity index (χ3n) is 3.36. The topological polar surface area (TPSA) is 37.8 Å². The number of halogens is 6. The van der Waals surface area contributed by atoms with E-state index in [4.69, 9.17) is 0 Å². The van der Waals surface area contributed by atoms with Crippen LogP contribution in [-0.2, 0) is 6.54 Å². The molecule has 0 amide bonds. The van der Waals surface area contributed by atoms with Gasteiger partial charge in [0.15, 0.2) is 0 Å². The number of rotatable bonds is 6. The minimum absolute atomic E-state index is 0.821. The highest BCUT2D eigenvalue weighted by Crippen LogP contribution is 2.46. The van der Waals surface area contributed by atoms with Gasteiger partial charge < -0.3 is 5.32 Å². The summed E-state index contributed by atoms with van der Waals surface area (Å²) < 4.78 is 6.23. The SMILES string of the molecule is Brc1cc(Br)c(Sc2c(Br)cc(Br)cc2Br)c(Br)c1.SCCNCc1cncnc1. The normalized spacial score (nSPS) is 10.5. The van der Waals surface area contributed by atoms with Crippen LogP contribution >= 0.6 is 120 Å². The predicted octanol–water partition coefficient (Wildman–Crippen LogP) is 8.91. The lowest BCUT2D eigenvalue weighted by Crippen LogP contribution is -2.15. The van der Waals surface area contributed by atoms with E-state index in [0.717, 1.165) is 61.0 Å². The highest BCUT2D eigenvalue weighted by atomic mass is 79.9. The maximum Gasteiger partial charge on any atom is 0.115 e. The highest BCUT2D eigenvalue weighted by Gasteiger charge is 2.14. The van der Waals surface area contributed by atoms with E-state index in [2.05, 4.69) is 123 Å². The average Bonchev–Trinajstić information content (AvgIpc) is 2.68. The van der Waals surface area contributed by atoms with E-state index >= 15 is 0 Å². The van der Waals surface area contributed by atoms with Gasteiger partial charge in [0.05, 0.1) is 0 Å². The first kappa shape index (κ1) is 27.3. The van der Waals surface area contributed by atoms with E-state index in [9.17, 15) is 0 Å². The van der Waals surface area contributed by atoms with Crippen LogP contribution in [0, 0.1) is 0 Å². The summed E-state index contributed by atoms with van der Waals surface area (Å²) in [6.07, 6.45) is 5.14. The molecule has 0 spiro atoms. The highest BCUT2D eigenvalue weighted by molar-refractivity contribution is 9.12. The quantitative estimate of drug-likeness (QED) is 0.193. The molecule has 0 saturated carbocycles. The van der Waals surface area contributed by atoms with Gasteiger partial charge in [-0.05, 0) is 88.0 Å². The van der Waals surface area contributed by atoms with Crippen molar-refractivity contribution in [2.45, 2.75) is 16.3 Å². The molecule has 0 aliphatic carbocycles. The summed E-state index contributed by atoms with van der Waals surface area (Å²) in [5.74, 6) is 0.855. The van der Waals surface area contributed by atoms with Crippen molar-refractivity contribution in [3.8, 4) is 0 Å². The second-order valence-corrected chi connectivity index (χ2v) is 12.4. The van der Waals surface area contributed by atoms with Crippen molar-refractivity contribution in [3.05, 3.63) is 75.4 Å². The van der Waals surface area contributed by atoms with Crippen LogP contribution in [0.3, 0.4) is 0 Å². The van der Waals surface area contributed by atoms with Gasteiger partial charge in [-0.2, -0.15) is 12.6 Å². The van der Waals surface area contributed by atoms with Gasteiger partial charge in [0.2, 0.25) is 0 Å². The molecule has 3 nitrogen and oxygen atoms in total. The molecule has 0 aliphatic rings. The van der Waals surface area contributed by atoms with Crippen molar-refractivity contribution in [1.82, 2.24) is 15.3 Å². The lowest BCUT2D eigenvalue weighted by atomic mass is 10.3. The molecule has 0 bridgehead atoms. The largest absolute Gasteiger partial charge is 0.312 e. The fourth-order valence-corrected chi connectivity index (χ4v) is 8.56. The van der Waals surface area contributed by atoms with Gasteiger partial charge in [-0.1, -0.05) is 43.6 Å². The van der Waals surface area contributed by atoms with Gasteiger partial charge in [0.25, 0.3) is 0 Å². The number of hydrogen-bond acceptors (Lipinski definition) is 5. The maximum atomic E-state index is 4.07. The summed E-state index contributed by atoms with van der Waals surface area (Å²) >= 11 is 27.1. The van der Waals surface area contributed by atoms with Crippen molar-refractivity contribution in [1.29, 1.82) is 0 Å². The zero-order chi connectivity index (χ0) is 22.1.